The Bertz CT molecular complexity index is 847. The second-order valence-electron chi connectivity index (χ2n) is 6.55. The van der Waals surface area contributed by atoms with Crippen molar-refractivity contribution in [3.05, 3.63) is 47.5 Å². The highest BCUT2D eigenvalue weighted by atomic mass is 16.5. The van der Waals surface area contributed by atoms with Gasteiger partial charge in [0.05, 0.1) is 17.9 Å². The molecule has 2 rings (SSSR count). The summed E-state index contributed by atoms with van der Waals surface area (Å²) in [6.07, 6.45) is -0.299. The smallest absolute Gasteiger partial charge is 0.261 e. The van der Waals surface area contributed by atoms with Gasteiger partial charge in [0.15, 0.2) is 0 Å². The molecule has 7 heteroatoms. The Morgan fingerprint density at radius 3 is 1.93 bits per heavy atom. The minimum atomic E-state index is -0.707. The minimum Gasteiger partial charge on any atom is -0.490 e. The van der Waals surface area contributed by atoms with Gasteiger partial charge in [-0.3, -0.25) is 9.59 Å². The van der Waals surface area contributed by atoms with E-state index in [0.29, 0.717) is 11.5 Å². The number of nitrogens with one attached hydrogen (secondary N) is 1. The molecule has 0 radical (unpaired) electrons. The van der Waals surface area contributed by atoms with Crippen LogP contribution in [0, 0.1) is 0 Å². The molecule has 0 aliphatic heterocycles. The quantitative estimate of drug-likeness (QED) is 0.646. The molecule has 2 amide bonds. The maximum atomic E-state index is 12.9. The monoisotopic (exact) mass is 371 g/mol. The molecule has 144 valence electrons. The molecule has 7 nitrogen and oxygen atoms in total. The van der Waals surface area contributed by atoms with Gasteiger partial charge in [0.25, 0.3) is 11.8 Å². The lowest BCUT2D eigenvalue weighted by Gasteiger charge is -2.18. The summed E-state index contributed by atoms with van der Waals surface area (Å²) in [6, 6.07) is 9.84. The van der Waals surface area contributed by atoms with Gasteiger partial charge < -0.3 is 26.3 Å². The molecule has 0 saturated carbocycles. The van der Waals surface area contributed by atoms with E-state index >= 15 is 0 Å². The first-order chi connectivity index (χ1) is 12.7. The van der Waals surface area contributed by atoms with Crippen molar-refractivity contribution in [3.8, 4) is 11.5 Å². The van der Waals surface area contributed by atoms with Crippen LogP contribution >= 0.6 is 0 Å². The van der Waals surface area contributed by atoms with Gasteiger partial charge in [-0.15, -0.1) is 0 Å². The van der Waals surface area contributed by atoms with Gasteiger partial charge in [-0.05, 0) is 52.0 Å². The van der Waals surface area contributed by atoms with Crippen LogP contribution in [0.25, 0.3) is 0 Å². The predicted octanol–water partition coefficient (Wildman–Crippen LogP) is 3.19. The molecule has 0 spiro atoms. The van der Waals surface area contributed by atoms with Gasteiger partial charge in [0.2, 0.25) is 0 Å². The van der Waals surface area contributed by atoms with E-state index in [4.69, 9.17) is 20.9 Å². The maximum Gasteiger partial charge on any atom is 0.261 e. The number of nitrogens with two attached hydrogens (primary N) is 2. The molecule has 0 unspecified atom stereocenters. The van der Waals surface area contributed by atoms with Gasteiger partial charge in [-0.25, -0.2) is 0 Å². The summed E-state index contributed by atoms with van der Waals surface area (Å²) in [5.41, 5.74) is 12.3. The van der Waals surface area contributed by atoms with Gasteiger partial charge in [-0.1, -0.05) is 12.1 Å². The van der Waals surface area contributed by atoms with E-state index in [0.717, 1.165) is 0 Å². The van der Waals surface area contributed by atoms with Crippen LogP contribution in [0.15, 0.2) is 36.4 Å². The first-order valence-corrected chi connectivity index (χ1v) is 8.66. The fourth-order valence-electron chi connectivity index (χ4n) is 2.57. The fraction of sp³-hybridized carbons (Fsp3) is 0.300. The number of ether oxygens (including phenoxy) is 2. The van der Waals surface area contributed by atoms with Crippen LogP contribution in [0.3, 0.4) is 0 Å². The summed E-state index contributed by atoms with van der Waals surface area (Å²) in [7, 11) is 0. The lowest BCUT2D eigenvalue weighted by molar-refractivity contribution is 0.0995. The summed E-state index contributed by atoms with van der Waals surface area (Å²) < 4.78 is 11.3. The predicted molar refractivity (Wildman–Crippen MR) is 105 cm³/mol. The molecule has 27 heavy (non-hydrogen) atoms. The Morgan fingerprint density at radius 2 is 1.41 bits per heavy atom. The van der Waals surface area contributed by atoms with Crippen molar-refractivity contribution in [2.24, 2.45) is 5.73 Å². The van der Waals surface area contributed by atoms with E-state index in [-0.39, 0.29) is 34.7 Å². The van der Waals surface area contributed by atoms with E-state index in [1.807, 2.05) is 27.7 Å². The molecule has 5 N–H and O–H groups in total. The van der Waals surface area contributed by atoms with E-state index < -0.39 is 11.8 Å². The van der Waals surface area contributed by atoms with Crippen molar-refractivity contribution in [1.82, 2.24) is 0 Å². The van der Waals surface area contributed by atoms with Gasteiger partial charge >= 0.3 is 0 Å². The number of carbonyl (C=O) groups excluding carboxylic acids is 2. The number of benzene rings is 2. The first-order valence-electron chi connectivity index (χ1n) is 8.66. The highest BCUT2D eigenvalue weighted by Gasteiger charge is 2.21. The number of amides is 2. The standard InChI is InChI=1S/C20H25N3O4/c1-11(2)26-15-9-5-7-13(21)17(15)20(25)23-14-8-6-10-16(27-12(3)4)18(14)19(22)24/h5-12H,21H2,1-4H3,(H2,22,24)(H,23,25). The Balaban J connectivity index is 2.43. The van der Waals surface area contributed by atoms with Crippen molar-refractivity contribution in [2.75, 3.05) is 11.1 Å². The molecule has 0 saturated heterocycles. The van der Waals surface area contributed by atoms with Crippen LogP contribution < -0.4 is 26.3 Å². The summed E-state index contributed by atoms with van der Waals surface area (Å²) in [5.74, 6) is -0.554. The molecule has 2 aromatic carbocycles. The Labute approximate surface area is 158 Å². The molecule has 0 aliphatic carbocycles. The average Bonchev–Trinajstić information content (AvgIpc) is 2.53. The second kappa shape index (κ2) is 8.44. The largest absolute Gasteiger partial charge is 0.490 e. The maximum absolute atomic E-state index is 12.9. The fourth-order valence-corrected chi connectivity index (χ4v) is 2.57. The van der Waals surface area contributed by atoms with Crippen molar-refractivity contribution >= 4 is 23.2 Å². The highest BCUT2D eigenvalue weighted by Crippen LogP contribution is 2.30. The molecule has 0 aliphatic rings. The summed E-state index contributed by atoms with van der Waals surface area (Å²) in [5, 5.41) is 2.70. The van der Waals surface area contributed by atoms with E-state index in [2.05, 4.69) is 5.32 Å². The third-order valence-corrected chi connectivity index (χ3v) is 3.53. The van der Waals surface area contributed by atoms with Crippen LogP contribution in [-0.2, 0) is 0 Å². The summed E-state index contributed by atoms with van der Waals surface area (Å²) >= 11 is 0. The average molecular weight is 371 g/mol. The summed E-state index contributed by atoms with van der Waals surface area (Å²) in [4.78, 5) is 24.8. The van der Waals surface area contributed by atoms with Gasteiger partial charge in [-0.2, -0.15) is 0 Å². The molecule has 0 fully saturated rings. The molecular weight excluding hydrogens is 346 g/mol. The van der Waals surface area contributed by atoms with E-state index in [1.165, 1.54) is 0 Å². The highest BCUT2D eigenvalue weighted by molar-refractivity contribution is 6.13. The van der Waals surface area contributed by atoms with Gasteiger partial charge in [0.1, 0.15) is 22.6 Å². The molecular formula is C20H25N3O4. The van der Waals surface area contributed by atoms with Crippen LogP contribution in [0.4, 0.5) is 11.4 Å². The summed E-state index contributed by atoms with van der Waals surface area (Å²) in [6.45, 7) is 7.36. The van der Waals surface area contributed by atoms with Crippen molar-refractivity contribution in [3.63, 3.8) is 0 Å². The molecule has 0 atom stereocenters. The minimum absolute atomic E-state index is 0.0976. The Kier molecular flexibility index (Phi) is 6.28. The van der Waals surface area contributed by atoms with Crippen molar-refractivity contribution in [2.45, 2.75) is 39.9 Å². The van der Waals surface area contributed by atoms with Crippen LogP contribution in [0.1, 0.15) is 48.4 Å². The van der Waals surface area contributed by atoms with E-state index in [1.54, 1.807) is 36.4 Å². The lowest BCUT2D eigenvalue weighted by atomic mass is 10.1. The molecule has 0 aromatic heterocycles. The Morgan fingerprint density at radius 1 is 0.889 bits per heavy atom. The SMILES string of the molecule is CC(C)Oc1cccc(N)c1C(=O)Nc1cccc(OC(C)C)c1C(N)=O. The zero-order chi connectivity index (χ0) is 20.1. The van der Waals surface area contributed by atoms with Crippen LogP contribution in [0.2, 0.25) is 0 Å². The molecule has 2 aromatic rings. The number of primary amides is 1. The number of nitrogen functional groups attached to an aromatic ring is 1. The molecule has 0 bridgehead atoms. The zero-order valence-electron chi connectivity index (χ0n) is 15.9. The molecule has 0 heterocycles. The van der Waals surface area contributed by atoms with E-state index in [9.17, 15) is 9.59 Å². The van der Waals surface area contributed by atoms with Crippen LogP contribution in [-0.4, -0.2) is 24.0 Å². The number of rotatable bonds is 7. The Hall–Kier alpha value is -3.22. The third-order valence-electron chi connectivity index (χ3n) is 3.53. The second-order valence-corrected chi connectivity index (χ2v) is 6.55. The number of carbonyl (C=O) groups is 2. The topological polar surface area (TPSA) is 117 Å². The van der Waals surface area contributed by atoms with Crippen molar-refractivity contribution < 1.29 is 19.1 Å². The van der Waals surface area contributed by atoms with Crippen LogP contribution in [0.5, 0.6) is 11.5 Å². The number of hydrogen-bond acceptors (Lipinski definition) is 5. The first kappa shape index (κ1) is 20.1. The number of anilines is 2. The number of hydrogen-bond donors (Lipinski definition) is 3. The lowest BCUT2D eigenvalue weighted by Crippen LogP contribution is -2.22. The third kappa shape index (κ3) is 4.91. The normalized spacial score (nSPS) is 10.7. The van der Waals surface area contributed by atoms with Gasteiger partial charge in [0, 0.05) is 5.69 Å². The zero-order valence-corrected chi connectivity index (χ0v) is 15.9. The van der Waals surface area contributed by atoms with Crippen molar-refractivity contribution in [1.29, 1.82) is 0 Å².